The van der Waals surface area contributed by atoms with Gasteiger partial charge in [0, 0.05) is 13.6 Å². The van der Waals surface area contributed by atoms with Crippen molar-refractivity contribution in [3.8, 4) is 0 Å². The number of nitrogens with two attached hydrogens (primary N) is 1. The second kappa shape index (κ2) is 8.74. The van der Waals surface area contributed by atoms with Gasteiger partial charge in [0.15, 0.2) is 29.3 Å². The fourth-order valence-corrected chi connectivity index (χ4v) is 4.29. The summed E-state index contributed by atoms with van der Waals surface area (Å²) in [5.41, 5.74) is 8.28. The number of rotatable bonds is 6. The third-order valence-corrected chi connectivity index (χ3v) is 6.03. The molecule has 5 rings (SSSR count). The Kier molecular flexibility index (Phi) is 5.63. The van der Waals surface area contributed by atoms with E-state index in [4.69, 9.17) is 10.5 Å². The lowest BCUT2D eigenvalue weighted by Gasteiger charge is -2.16. The van der Waals surface area contributed by atoms with E-state index in [0.717, 1.165) is 6.42 Å². The minimum atomic E-state index is -1.09. The number of hydrogen-bond donors (Lipinski definition) is 4. The molecule has 0 saturated carbocycles. The third kappa shape index (κ3) is 3.78. The molecule has 33 heavy (non-hydrogen) atoms. The van der Waals surface area contributed by atoms with Crippen molar-refractivity contribution in [2.75, 3.05) is 18.9 Å². The van der Waals surface area contributed by atoms with E-state index in [1.54, 1.807) is 4.57 Å². The summed E-state index contributed by atoms with van der Waals surface area (Å²) in [6, 6.07) is 13.7. The fraction of sp³-hybridized carbons (Fsp3) is 0.304. The Balaban J connectivity index is 1.35. The van der Waals surface area contributed by atoms with E-state index in [1.807, 2.05) is 12.1 Å². The number of aromatic nitrogens is 4. The van der Waals surface area contributed by atoms with Crippen LogP contribution in [0.1, 0.15) is 11.8 Å². The normalized spacial score (nSPS) is 22.6. The average Bonchev–Trinajstić information content (AvgIpc) is 3.40. The van der Waals surface area contributed by atoms with Crippen molar-refractivity contribution >= 4 is 33.7 Å². The Labute approximate surface area is 189 Å². The molecular formula is C23H25N7O3. The minimum Gasteiger partial charge on any atom is -0.387 e. The van der Waals surface area contributed by atoms with Gasteiger partial charge in [-0.2, -0.15) is 0 Å². The number of fused-ring (bicyclic) bond motifs is 2. The van der Waals surface area contributed by atoms with Crippen molar-refractivity contribution in [3.63, 3.8) is 0 Å². The quantitative estimate of drug-likeness (QED) is 0.343. The second-order valence-corrected chi connectivity index (χ2v) is 7.99. The summed E-state index contributed by atoms with van der Waals surface area (Å²) >= 11 is 0. The number of nitrogens with one attached hydrogen (secondary N) is 2. The van der Waals surface area contributed by atoms with Crippen LogP contribution in [0.4, 0.5) is 5.82 Å². The molecule has 2 aromatic heterocycles. The van der Waals surface area contributed by atoms with Gasteiger partial charge in [-0.3, -0.25) is 9.36 Å². The Morgan fingerprint density at radius 2 is 2.00 bits per heavy atom. The van der Waals surface area contributed by atoms with Crippen molar-refractivity contribution in [2.24, 2.45) is 5.73 Å². The number of imidazole rings is 1. The lowest BCUT2D eigenvalue weighted by atomic mass is 10.0. The van der Waals surface area contributed by atoms with E-state index in [-0.39, 0.29) is 5.91 Å². The van der Waals surface area contributed by atoms with Crippen molar-refractivity contribution in [2.45, 2.75) is 30.9 Å². The van der Waals surface area contributed by atoms with Gasteiger partial charge in [0.25, 0.3) is 5.91 Å². The number of hydrogen-bond acceptors (Lipinski definition) is 8. The minimum absolute atomic E-state index is 0.390. The number of carbonyl (C=O) groups excluding carboxylic acids is 1. The molecule has 0 spiro atoms. The monoisotopic (exact) mass is 447 g/mol. The molecule has 4 unspecified atom stereocenters. The number of ether oxygens (including phenoxy) is 1. The summed E-state index contributed by atoms with van der Waals surface area (Å²) in [7, 11) is 1.49. The van der Waals surface area contributed by atoms with Crippen molar-refractivity contribution in [1.82, 2.24) is 24.8 Å². The molecule has 0 bridgehead atoms. The number of anilines is 1. The molecule has 170 valence electrons. The van der Waals surface area contributed by atoms with Crippen molar-refractivity contribution in [1.29, 1.82) is 0 Å². The van der Waals surface area contributed by atoms with Crippen LogP contribution < -0.4 is 16.4 Å². The van der Waals surface area contributed by atoms with Gasteiger partial charge in [-0.05, 0) is 22.8 Å². The molecule has 4 atom stereocenters. The van der Waals surface area contributed by atoms with Crippen LogP contribution in [0.5, 0.6) is 0 Å². The van der Waals surface area contributed by atoms with E-state index >= 15 is 0 Å². The van der Waals surface area contributed by atoms with E-state index in [0.29, 0.717) is 23.5 Å². The maximum Gasteiger partial charge on any atom is 0.250 e. The Hall–Kier alpha value is -3.60. The van der Waals surface area contributed by atoms with Gasteiger partial charge in [0.1, 0.15) is 12.4 Å². The lowest BCUT2D eigenvalue weighted by molar-refractivity contribution is -0.134. The number of carbonyl (C=O) groups is 1. The molecule has 5 N–H and O–H groups in total. The summed E-state index contributed by atoms with van der Waals surface area (Å²) in [4.78, 5) is 25.1. The standard InChI is InChI=1S/C23H25N7O3/c1-25-22(32)19-16(24)18(31)23(33-19)30-12-29-17-20(27-11-28-21(17)30)26-10-9-14-7-4-6-13-5-2-3-8-15(13)14/h2-8,11-12,16,18-19,23,31H,9-10,24H2,1H3,(H,25,32)(H,26,27,28). The zero-order chi connectivity index (χ0) is 22.9. The van der Waals surface area contributed by atoms with E-state index in [2.05, 4.69) is 55.9 Å². The smallest absolute Gasteiger partial charge is 0.250 e. The SMILES string of the molecule is CNC(=O)C1OC(n2cnc3c(NCCc4cccc5ccccc45)ncnc32)C(O)C1N. The molecule has 0 aliphatic carbocycles. The molecule has 3 heterocycles. The van der Waals surface area contributed by atoms with Gasteiger partial charge in [-0.25, -0.2) is 15.0 Å². The summed E-state index contributed by atoms with van der Waals surface area (Å²) in [5.74, 6) is 0.192. The molecule has 10 nitrogen and oxygen atoms in total. The maximum atomic E-state index is 12.0. The predicted molar refractivity (Wildman–Crippen MR) is 123 cm³/mol. The molecule has 10 heteroatoms. The molecule has 4 aromatic rings. The van der Waals surface area contributed by atoms with E-state index < -0.39 is 24.5 Å². The second-order valence-electron chi connectivity index (χ2n) is 7.99. The molecule has 1 aliphatic rings. The summed E-state index contributed by atoms with van der Waals surface area (Å²) in [6.07, 6.45) is 0.807. The zero-order valence-electron chi connectivity index (χ0n) is 18.0. The van der Waals surface area contributed by atoms with Gasteiger partial charge in [0.05, 0.1) is 12.4 Å². The van der Waals surface area contributed by atoms with Crippen LogP contribution in [0, 0.1) is 0 Å². The van der Waals surface area contributed by atoms with Crippen LogP contribution in [0.15, 0.2) is 55.1 Å². The lowest BCUT2D eigenvalue weighted by Crippen LogP contribution is -2.46. The average molecular weight is 447 g/mol. The molecule has 1 aliphatic heterocycles. The molecule has 1 amide bonds. The van der Waals surface area contributed by atoms with Crippen LogP contribution in [0.2, 0.25) is 0 Å². The highest BCUT2D eigenvalue weighted by Crippen LogP contribution is 2.31. The van der Waals surface area contributed by atoms with Gasteiger partial charge >= 0.3 is 0 Å². The molecule has 0 radical (unpaired) electrons. The topological polar surface area (TPSA) is 140 Å². The number of nitrogens with zero attached hydrogens (tertiary/aromatic N) is 4. The van der Waals surface area contributed by atoms with E-state index in [9.17, 15) is 9.90 Å². The van der Waals surface area contributed by atoms with Gasteiger partial charge in [0.2, 0.25) is 0 Å². The van der Waals surface area contributed by atoms with Crippen molar-refractivity contribution in [3.05, 3.63) is 60.7 Å². The highest BCUT2D eigenvalue weighted by Gasteiger charge is 2.46. The number of amides is 1. The summed E-state index contributed by atoms with van der Waals surface area (Å²) in [6.45, 7) is 0.652. The molecule has 1 fully saturated rings. The number of aliphatic hydroxyl groups excluding tert-OH is 1. The predicted octanol–water partition coefficient (Wildman–Crippen LogP) is 0.966. The highest BCUT2D eigenvalue weighted by molar-refractivity contribution is 5.86. The van der Waals surface area contributed by atoms with Crippen LogP contribution >= 0.6 is 0 Å². The van der Waals surface area contributed by atoms with Crippen LogP contribution in [-0.2, 0) is 16.0 Å². The largest absolute Gasteiger partial charge is 0.387 e. The maximum absolute atomic E-state index is 12.0. The van der Waals surface area contributed by atoms with Crippen LogP contribution in [0.25, 0.3) is 21.9 Å². The first-order valence-corrected chi connectivity index (χ1v) is 10.8. The Morgan fingerprint density at radius 3 is 2.85 bits per heavy atom. The summed E-state index contributed by atoms with van der Waals surface area (Å²) < 4.78 is 7.35. The van der Waals surface area contributed by atoms with Gasteiger partial charge < -0.3 is 26.2 Å². The van der Waals surface area contributed by atoms with Gasteiger partial charge in [-0.1, -0.05) is 42.5 Å². The fourth-order valence-electron chi connectivity index (χ4n) is 4.29. The number of aliphatic hydroxyl groups is 1. The van der Waals surface area contributed by atoms with Crippen molar-refractivity contribution < 1.29 is 14.6 Å². The Bertz CT molecular complexity index is 1300. The molecule has 2 aromatic carbocycles. The Morgan fingerprint density at radius 1 is 1.18 bits per heavy atom. The van der Waals surface area contributed by atoms with Gasteiger partial charge in [-0.15, -0.1) is 0 Å². The third-order valence-electron chi connectivity index (χ3n) is 6.03. The molecule has 1 saturated heterocycles. The summed E-state index contributed by atoms with van der Waals surface area (Å²) in [5, 5.41) is 18.9. The zero-order valence-corrected chi connectivity index (χ0v) is 18.0. The first-order valence-electron chi connectivity index (χ1n) is 10.8. The number of benzene rings is 2. The first kappa shape index (κ1) is 21.3. The first-order chi connectivity index (χ1) is 16.1. The number of likely N-dealkylation sites (N-methyl/N-ethyl adjacent to an activating group) is 1. The van der Waals surface area contributed by atoms with Crippen LogP contribution in [0.3, 0.4) is 0 Å². The van der Waals surface area contributed by atoms with E-state index in [1.165, 1.54) is 36.0 Å². The highest BCUT2D eigenvalue weighted by atomic mass is 16.5. The molecular weight excluding hydrogens is 422 g/mol. The van der Waals surface area contributed by atoms with Crippen LogP contribution in [-0.4, -0.2) is 62.4 Å².